The zero-order chi connectivity index (χ0) is 15.7. The van der Waals surface area contributed by atoms with Crippen LogP contribution in [0.2, 0.25) is 0 Å². The lowest BCUT2D eigenvalue weighted by atomic mass is 9.63. The molecule has 2 rings (SSSR count). The third-order valence-corrected chi connectivity index (χ3v) is 5.04. The van der Waals surface area contributed by atoms with Crippen molar-refractivity contribution in [2.75, 3.05) is 26.8 Å². The summed E-state index contributed by atoms with van der Waals surface area (Å²) in [6.07, 6.45) is 4.22. The number of hydrogen-bond acceptors (Lipinski definition) is 3. The van der Waals surface area contributed by atoms with E-state index in [0.29, 0.717) is 17.4 Å². The molecule has 2 aliphatic rings. The molecule has 2 fully saturated rings. The summed E-state index contributed by atoms with van der Waals surface area (Å²) in [4.78, 5) is 12.8. The number of hydrogen-bond donors (Lipinski definition) is 2. The summed E-state index contributed by atoms with van der Waals surface area (Å²) in [5, 5.41) is 6.65. The number of amides is 1. The maximum absolute atomic E-state index is 12.8. The Morgan fingerprint density at radius 2 is 1.86 bits per heavy atom. The fourth-order valence-electron chi connectivity index (χ4n) is 4.69. The molecule has 1 aliphatic heterocycles. The lowest BCUT2D eigenvalue weighted by Gasteiger charge is -2.45. The summed E-state index contributed by atoms with van der Waals surface area (Å²) in [5.74, 6) is 0.174. The van der Waals surface area contributed by atoms with E-state index in [9.17, 15) is 4.79 Å². The van der Waals surface area contributed by atoms with Crippen LogP contribution in [0, 0.1) is 16.2 Å². The first-order chi connectivity index (χ1) is 9.68. The molecule has 1 unspecified atom stereocenters. The van der Waals surface area contributed by atoms with E-state index < -0.39 is 0 Å². The van der Waals surface area contributed by atoms with Gasteiger partial charge in [-0.15, -0.1) is 0 Å². The van der Waals surface area contributed by atoms with Gasteiger partial charge in [0.2, 0.25) is 5.91 Å². The van der Waals surface area contributed by atoms with E-state index in [0.717, 1.165) is 32.4 Å². The number of carbonyl (C=O) groups is 1. The standard InChI is InChI=1S/C17H32N2O2/c1-15(2)8-13(9-16(3,4)10-15)19-14(20)17(12-21-5)6-7-18-11-17/h13,18H,6-12H2,1-5H3,(H,19,20). The third kappa shape index (κ3) is 3.98. The molecule has 0 radical (unpaired) electrons. The Kier molecular flexibility index (Phi) is 4.69. The maximum atomic E-state index is 12.8. The Hall–Kier alpha value is -0.610. The van der Waals surface area contributed by atoms with Gasteiger partial charge in [-0.05, 0) is 43.1 Å². The highest BCUT2D eigenvalue weighted by Crippen LogP contribution is 2.45. The van der Waals surface area contributed by atoms with Crippen molar-refractivity contribution >= 4 is 5.91 Å². The SMILES string of the molecule is COCC1(C(=O)NC2CC(C)(C)CC(C)(C)C2)CCNC1. The molecule has 4 nitrogen and oxygen atoms in total. The van der Waals surface area contributed by atoms with Gasteiger partial charge in [0.1, 0.15) is 0 Å². The van der Waals surface area contributed by atoms with Crippen LogP contribution in [0.4, 0.5) is 0 Å². The van der Waals surface area contributed by atoms with Crippen molar-refractivity contribution < 1.29 is 9.53 Å². The first-order valence-corrected chi connectivity index (χ1v) is 8.19. The minimum atomic E-state index is -0.375. The Balaban J connectivity index is 2.04. The smallest absolute Gasteiger partial charge is 0.230 e. The van der Waals surface area contributed by atoms with Gasteiger partial charge >= 0.3 is 0 Å². The third-order valence-electron chi connectivity index (χ3n) is 5.04. The summed E-state index contributed by atoms with van der Waals surface area (Å²) < 4.78 is 5.32. The molecule has 4 heteroatoms. The second kappa shape index (κ2) is 5.88. The van der Waals surface area contributed by atoms with E-state index in [-0.39, 0.29) is 17.4 Å². The molecular formula is C17H32N2O2. The highest BCUT2D eigenvalue weighted by Gasteiger charge is 2.44. The normalized spacial score (nSPS) is 32.0. The van der Waals surface area contributed by atoms with Gasteiger partial charge in [0, 0.05) is 19.7 Å². The number of rotatable bonds is 4. The summed E-state index contributed by atoms with van der Waals surface area (Å²) in [6.45, 7) is 11.4. The summed E-state index contributed by atoms with van der Waals surface area (Å²) in [5.41, 5.74) is 0.213. The first-order valence-electron chi connectivity index (χ1n) is 8.19. The molecule has 2 N–H and O–H groups in total. The van der Waals surface area contributed by atoms with Crippen LogP contribution in [0.25, 0.3) is 0 Å². The molecule has 0 bridgehead atoms. The number of carbonyl (C=O) groups excluding carboxylic acids is 1. The topological polar surface area (TPSA) is 50.4 Å². The van der Waals surface area contributed by atoms with Crippen LogP contribution < -0.4 is 10.6 Å². The van der Waals surface area contributed by atoms with Gasteiger partial charge in [0.05, 0.1) is 12.0 Å². The van der Waals surface area contributed by atoms with E-state index in [1.807, 2.05) is 0 Å². The summed E-state index contributed by atoms with van der Waals surface area (Å²) in [6, 6.07) is 0.283. The Morgan fingerprint density at radius 3 is 2.33 bits per heavy atom. The van der Waals surface area contributed by atoms with Gasteiger partial charge in [-0.25, -0.2) is 0 Å². The molecule has 0 spiro atoms. The van der Waals surface area contributed by atoms with Crippen LogP contribution in [-0.4, -0.2) is 38.8 Å². The van der Waals surface area contributed by atoms with Gasteiger partial charge < -0.3 is 15.4 Å². The van der Waals surface area contributed by atoms with Crippen molar-refractivity contribution in [1.29, 1.82) is 0 Å². The Morgan fingerprint density at radius 1 is 1.24 bits per heavy atom. The van der Waals surface area contributed by atoms with Crippen molar-refractivity contribution in [1.82, 2.24) is 10.6 Å². The van der Waals surface area contributed by atoms with Crippen molar-refractivity contribution in [3.63, 3.8) is 0 Å². The van der Waals surface area contributed by atoms with Crippen LogP contribution in [-0.2, 0) is 9.53 Å². The molecule has 1 saturated carbocycles. The second-order valence-corrected chi connectivity index (χ2v) is 8.72. The molecule has 0 aromatic rings. The lowest BCUT2D eigenvalue weighted by Crippen LogP contribution is -2.52. The number of nitrogens with one attached hydrogen (secondary N) is 2. The highest BCUT2D eigenvalue weighted by molar-refractivity contribution is 5.83. The second-order valence-electron chi connectivity index (χ2n) is 8.72. The van der Waals surface area contributed by atoms with E-state index in [4.69, 9.17) is 4.74 Å². The quantitative estimate of drug-likeness (QED) is 0.837. The zero-order valence-electron chi connectivity index (χ0n) is 14.3. The van der Waals surface area contributed by atoms with Crippen molar-refractivity contribution in [3.05, 3.63) is 0 Å². The molecule has 21 heavy (non-hydrogen) atoms. The number of methoxy groups -OCH3 is 1. The minimum Gasteiger partial charge on any atom is -0.384 e. The fraction of sp³-hybridized carbons (Fsp3) is 0.941. The van der Waals surface area contributed by atoms with Crippen LogP contribution in [0.15, 0.2) is 0 Å². The van der Waals surface area contributed by atoms with Crippen LogP contribution in [0.5, 0.6) is 0 Å². The van der Waals surface area contributed by atoms with Crippen molar-refractivity contribution in [3.8, 4) is 0 Å². The molecule has 122 valence electrons. The lowest BCUT2D eigenvalue weighted by molar-refractivity contribution is -0.134. The first kappa shape index (κ1) is 16.8. The van der Waals surface area contributed by atoms with Crippen LogP contribution in [0.3, 0.4) is 0 Å². The molecule has 1 saturated heterocycles. The van der Waals surface area contributed by atoms with Gasteiger partial charge in [-0.2, -0.15) is 0 Å². The average Bonchev–Trinajstić information content (AvgIpc) is 2.74. The molecule has 0 aromatic carbocycles. The predicted molar refractivity (Wildman–Crippen MR) is 85.1 cm³/mol. The van der Waals surface area contributed by atoms with Crippen LogP contribution >= 0.6 is 0 Å². The van der Waals surface area contributed by atoms with Crippen molar-refractivity contribution in [2.24, 2.45) is 16.2 Å². The maximum Gasteiger partial charge on any atom is 0.230 e. The minimum absolute atomic E-state index is 0.174. The molecule has 1 aliphatic carbocycles. The van der Waals surface area contributed by atoms with Gasteiger partial charge in [-0.3, -0.25) is 4.79 Å². The van der Waals surface area contributed by atoms with Gasteiger partial charge in [0.25, 0.3) is 0 Å². The summed E-state index contributed by atoms with van der Waals surface area (Å²) in [7, 11) is 1.68. The molecule has 0 aromatic heterocycles. The van der Waals surface area contributed by atoms with E-state index in [2.05, 4.69) is 38.3 Å². The van der Waals surface area contributed by atoms with E-state index >= 15 is 0 Å². The molecule has 1 amide bonds. The predicted octanol–water partition coefficient (Wildman–Crippen LogP) is 2.33. The molecular weight excluding hydrogens is 264 g/mol. The van der Waals surface area contributed by atoms with Gasteiger partial charge in [-0.1, -0.05) is 27.7 Å². The van der Waals surface area contributed by atoms with Gasteiger partial charge in [0.15, 0.2) is 0 Å². The Bertz CT molecular complexity index is 368. The van der Waals surface area contributed by atoms with Crippen LogP contribution in [0.1, 0.15) is 53.4 Å². The monoisotopic (exact) mass is 296 g/mol. The van der Waals surface area contributed by atoms with Crippen molar-refractivity contribution in [2.45, 2.75) is 59.4 Å². The van der Waals surface area contributed by atoms with E-state index in [1.54, 1.807) is 7.11 Å². The molecule has 1 atom stereocenters. The molecule has 1 heterocycles. The summed E-state index contributed by atoms with van der Waals surface area (Å²) >= 11 is 0. The average molecular weight is 296 g/mol. The zero-order valence-corrected chi connectivity index (χ0v) is 14.3. The number of ether oxygens (including phenoxy) is 1. The van der Waals surface area contributed by atoms with E-state index in [1.165, 1.54) is 6.42 Å². The largest absolute Gasteiger partial charge is 0.384 e. The highest BCUT2D eigenvalue weighted by atomic mass is 16.5. The Labute approximate surface area is 129 Å². The fourth-order valence-corrected chi connectivity index (χ4v) is 4.69.